The molecular weight excluding hydrogens is 326 g/mol. The molecule has 2 fully saturated rings. The zero-order chi connectivity index (χ0) is 16.1. The van der Waals surface area contributed by atoms with Gasteiger partial charge in [0, 0.05) is 25.6 Å². The Labute approximate surface area is 149 Å². The second-order valence-electron chi connectivity index (χ2n) is 6.44. The van der Waals surface area contributed by atoms with Crippen LogP contribution in [0.15, 0.2) is 30.3 Å². The Hall–Kier alpha value is -1.59. The molecule has 1 unspecified atom stereocenters. The van der Waals surface area contributed by atoms with Crippen molar-refractivity contribution in [2.75, 3.05) is 32.7 Å². The van der Waals surface area contributed by atoms with Crippen LogP contribution < -0.4 is 5.32 Å². The van der Waals surface area contributed by atoms with Gasteiger partial charge in [-0.2, -0.15) is 0 Å². The minimum absolute atomic E-state index is 0. The van der Waals surface area contributed by atoms with Crippen molar-refractivity contribution in [2.45, 2.75) is 25.8 Å². The van der Waals surface area contributed by atoms with E-state index in [0.29, 0.717) is 19.6 Å². The molecule has 24 heavy (non-hydrogen) atoms. The summed E-state index contributed by atoms with van der Waals surface area (Å²) in [4.78, 5) is 28.6. The van der Waals surface area contributed by atoms with Gasteiger partial charge in [0.05, 0.1) is 6.54 Å². The van der Waals surface area contributed by atoms with Crippen LogP contribution in [0, 0.1) is 5.92 Å². The number of benzene rings is 1. The number of rotatable bonds is 3. The zero-order valence-corrected chi connectivity index (χ0v) is 14.8. The van der Waals surface area contributed by atoms with Crippen molar-refractivity contribution < 1.29 is 9.59 Å². The van der Waals surface area contributed by atoms with E-state index in [0.717, 1.165) is 37.9 Å². The lowest BCUT2D eigenvalue weighted by atomic mass is 9.98. The second-order valence-corrected chi connectivity index (χ2v) is 6.44. The summed E-state index contributed by atoms with van der Waals surface area (Å²) in [7, 11) is 0. The van der Waals surface area contributed by atoms with Crippen molar-refractivity contribution >= 4 is 24.2 Å². The van der Waals surface area contributed by atoms with Gasteiger partial charge in [-0.05, 0) is 37.9 Å². The molecule has 2 amide bonds. The summed E-state index contributed by atoms with van der Waals surface area (Å²) in [6, 6.07) is 10.0. The molecule has 0 radical (unpaired) electrons. The molecule has 2 aliphatic heterocycles. The monoisotopic (exact) mass is 351 g/mol. The quantitative estimate of drug-likeness (QED) is 0.901. The van der Waals surface area contributed by atoms with E-state index in [2.05, 4.69) is 5.32 Å². The van der Waals surface area contributed by atoms with Crippen LogP contribution in [0.2, 0.25) is 0 Å². The van der Waals surface area contributed by atoms with Gasteiger partial charge in [-0.25, -0.2) is 0 Å². The third-order valence-corrected chi connectivity index (χ3v) is 4.77. The van der Waals surface area contributed by atoms with Gasteiger partial charge in [0.15, 0.2) is 0 Å². The molecule has 6 heteroatoms. The zero-order valence-electron chi connectivity index (χ0n) is 13.9. The molecule has 0 aromatic heterocycles. The molecule has 1 aromatic carbocycles. The number of hydrogen-bond donors (Lipinski definition) is 1. The number of nitrogens with one attached hydrogen (secondary N) is 1. The fourth-order valence-corrected chi connectivity index (χ4v) is 3.39. The van der Waals surface area contributed by atoms with E-state index in [1.54, 1.807) is 4.90 Å². The van der Waals surface area contributed by atoms with Crippen molar-refractivity contribution in [2.24, 2.45) is 5.92 Å². The second kappa shape index (κ2) is 9.04. The average Bonchev–Trinajstić information content (AvgIpc) is 2.86. The van der Waals surface area contributed by atoms with E-state index in [9.17, 15) is 9.59 Å². The predicted octanol–water partition coefficient (Wildman–Crippen LogP) is 1.67. The SMILES string of the molecule is Cl.O=C1CN(C(=O)C2CCCNCC2)CCN1Cc1ccccc1. The van der Waals surface area contributed by atoms with Crippen molar-refractivity contribution in [3.8, 4) is 0 Å². The Bertz CT molecular complexity index is 544. The summed E-state index contributed by atoms with van der Waals surface area (Å²) in [6.07, 6.45) is 2.86. The molecule has 0 bridgehead atoms. The Morgan fingerprint density at radius 3 is 2.67 bits per heavy atom. The molecule has 1 atom stereocenters. The molecule has 1 aromatic rings. The summed E-state index contributed by atoms with van der Waals surface area (Å²) >= 11 is 0. The molecule has 0 spiro atoms. The highest BCUT2D eigenvalue weighted by atomic mass is 35.5. The highest BCUT2D eigenvalue weighted by Gasteiger charge is 2.31. The van der Waals surface area contributed by atoms with E-state index in [1.165, 1.54) is 0 Å². The van der Waals surface area contributed by atoms with Crippen LogP contribution in [0.3, 0.4) is 0 Å². The normalized spacial score (nSPS) is 21.8. The molecule has 3 rings (SSSR count). The van der Waals surface area contributed by atoms with Gasteiger partial charge in [-0.1, -0.05) is 30.3 Å². The Balaban J connectivity index is 0.00000208. The first-order chi connectivity index (χ1) is 11.2. The first kappa shape index (κ1) is 18.7. The van der Waals surface area contributed by atoms with Crippen LogP contribution in [0.25, 0.3) is 0 Å². The van der Waals surface area contributed by atoms with E-state index >= 15 is 0 Å². The third-order valence-electron chi connectivity index (χ3n) is 4.77. The number of hydrogen-bond acceptors (Lipinski definition) is 3. The van der Waals surface area contributed by atoms with Crippen LogP contribution in [0.1, 0.15) is 24.8 Å². The van der Waals surface area contributed by atoms with Crippen LogP contribution in [-0.4, -0.2) is 54.3 Å². The summed E-state index contributed by atoms with van der Waals surface area (Å²) in [5, 5.41) is 3.33. The minimum Gasteiger partial charge on any atom is -0.335 e. The average molecular weight is 352 g/mol. The number of nitrogens with zero attached hydrogens (tertiary/aromatic N) is 2. The smallest absolute Gasteiger partial charge is 0.242 e. The largest absolute Gasteiger partial charge is 0.335 e. The number of carbonyl (C=O) groups is 2. The molecule has 0 aliphatic carbocycles. The Kier molecular flexibility index (Phi) is 7.06. The molecule has 2 heterocycles. The van der Waals surface area contributed by atoms with Gasteiger partial charge in [0.2, 0.25) is 11.8 Å². The van der Waals surface area contributed by atoms with Crippen LogP contribution in [0.4, 0.5) is 0 Å². The number of amides is 2. The fraction of sp³-hybridized carbons (Fsp3) is 0.556. The summed E-state index contributed by atoms with van der Waals surface area (Å²) in [5.41, 5.74) is 1.13. The Morgan fingerprint density at radius 2 is 1.92 bits per heavy atom. The number of carbonyl (C=O) groups excluding carboxylic acids is 2. The summed E-state index contributed by atoms with van der Waals surface area (Å²) in [6.45, 7) is 4.04. The standard InChI is InChI=1S/C18H25N3O2.ClH/c22-17-14-21(18(23)16-7-4-9-19-10-8-16)12-11-20(17)13-15-5-2-1-3-6-15;/h1-3,5-6,16,19H,4,7-14H2;1H. The van der Waals surface area contributed by atoms with Gasteiger partial charge in [0.1, 0.15) is 0 Å². The van der Waals surface area contributed by atoms with Crippen molar-refractivity contribution in [3.05, 3.63) is 35.9 Å². The number of piperazine rings is 1. The maximum atomic E-state index is 12.6. The van der Waals surface area contributed by atoms with Crippen LogP contribution in [-0.2, 0) is 16.1 Å². The molecule has 1 N–H and O–H groups in total. The molecule has 2 aliphatic rings. The Morgan fingerprint density at radius 1 is 1.12 bits per heavy atom. The maximum Gasteiger partial charge on any atom is 0.242 e. The number of halogens is 1. The lowest BCUT2D eigenvalue weighted by Gasteiger charge is -2.36. The van der Waals surface area contributed by atoms with Gasteiger partial charge in [-0.3, -0.25) is 9.59 Å². The summed E-state index contributed by atoms with van der Waals surface area (Å²) in [5.74, 6) is 0.306. The minimum atomic E-state index is 0. The van der Waals surface area contributed by atoms with Gasteiger partial charge < -0.3 is 15.1 Å². The van der Waals surface area contributed by atoms with Gasteiger partial charge in [-0.15, -0.1) is 12.4 Å². The van der Waals surface area contributed by atoms with Crippen molar-refractivity contribution in [3.63, 3.8) is 0 Å². The topological polar surface area (TPSA) is 52.7 Å². The van der Waals surface area contributed by atoms with Gasteiger partial charge >= 0.3 is 0 Å². The van der Waals surface area contributed by atoms with E-state index in [1.807, 2.05) is 35.2 Å². The van der Waals surface area contributed by atoms with Crippen LogP contribution in [0.5, 0.6) is 0 Å². The highest BCUT2D eigenvalue weighted by molar-refractivity contribution is 5.87. The molecule has 0 saturated carbocycles. The first-order valence-corrected chi connectivity index (χ1v) is 8.55. The maximum absolute atomic E-state index is 12.6. The van der Waals surface area contributed by atoms with Crippen molar-refractivity contribution in [1.29, 1.82) is 0 Å². The van der Waals surface area contributed by atoms with E-state index in [4.69, 9.17) is 0 Å². The summed E-state index contributed by atoms with van der Waals surface area (Å²) < 4.78 is 0. The highest BCUT2D eigenvalue weighted by Crippen LogP contribution is 2.19. The molecule has 132 valence electrons. The fourth-order valence-electron chi connectivity index (χ4n) is 3.39. The van der Waals surface area contributed by atoms with Crippen molar-refractivity contribution in [1.82, 2.24) is 15.1 Å². The lowest BCUT2D eigenvalue weighted by molar-refractivity contribution is -0.148. The predicted molar refractivity (Wildman–Crippen MR) is 95.9 cm³/mol. The van der Waals surface area contributed by atoms with Crippen LogP contribution >= 0.6 is 12.4 Å². The molecule has 5 nitrogen and oxygen atoms in total. The lowest BCUT2D eigenvalue weighted by Crippen LogP contribution is -2.53. The molecular formula is C18H26ClN3O2. The van der Waals surface area contributed by atoms with E-state index < -0.39 is 0 Å². The van der Waals surface area contributed by atoms with Gasteiger partial charge in [0.25, 0.3) is 0 Å². The first-order valence-electron chi connectivity index (χ1n) is 8.55. The third kappa shape index (κ3) is 4.71. The molecule has 2 saturated heterocycles. The van der Waals surface area contributed by atoms with E-state index in [-0.39, 0.29) is 36.7 Å².